The number of pyridine rings is 1. The third-order valence-corrected chi connectivity index (χ3v) is 3.74. The predicted octanol–water partition coefficient (Wildman–Crippen LogP) is 2.60. The molecule has 1 aliphatic rings. The van der Waals surface area contributed by atoms with E-state index in [4.69, 9.17) is 9.26 Å². The van der Waals surface area contributed by atoms with E-state index in [9.17, 15) is 0 Å². The molecule has 0 unspecified atom stereocenters. The maximum Gasteiger partial charge on any atom is 0.151 e. The normalized spacial score (nSPS) is 19.0. The Labute approximate surface area is 124 Å². The first-order valence-electron chi connectivity index (χ1n) is 7.44. The van der Waals surface area contributed by atoms with Crippen molar-refractivity contribution in [3.8, 4) is 11.4 Å². The third-order valence-electron chi connectivity index (χ3n) is 3.74. The third kappa shape index (κ3) is 3.89. The maximum atomic E-state index is 5.52. The highest BCUT2D eigenvalue weighted by atomic mass is 16.5. The molecule has 0 aliphatic carbocycles. The Morgan fingerprint density at radius 1 is 1.33 bits per heavy atom. The molecule has 0 bridgehead atoms. The molecule has 1 aliphatic heterocycles. The van der Waals surface area contributed by atoms with Gasteiger partial charge in [-0.3, -0.25) is 9.88 Å². The number of aromatic nitrogens is 2. The molecule has 0 N–H and O–H groups in total. The minimum atomic E-state index is 0.627. The topological polar surface area (TPSA) is 51.4 Å². The smallest absolute Gasteiger partial charge is 0.151 e. The molecule has 1 saturated heterocycles. The fourth-order valence-electron chi connectivity index (χ4n) is 2.75. The molecule has 0 aromatic carbocycles. The Bertz CT molecular complexity index is 550. The van der Waals surface area contributed by atoms with E-state index in [1.54, 1.807) is 6.20 Å². The van der Waals surface area contributed by atoms with Gasteiger partial charge in [-0.1, -0.05) is 11.2 Å². The van der Waals surface area contributed by atoms with Gasteiger partial charge in [0.25, 0.3) is 0 Å². The Kier molecular flexibility index (Phi) is 4.62. The van der Waals surface area contributed by atoms with Gasteiger partial charge in [0.05, 0.1) is 18.8 Å². The van der Waals surface area contributed by atoms with Crippen LogP contribution in [0, 0.1) is 5.92 Å². The standard InChI is InChI=1S/C16H21N3O2/c1-19(10-13-5-4-8-20-12-13)11-14-9-16(18-21-14)15-6-2-3-7-17-15/h2-3,6-7,9,13H,4-5,8,10-12H2,1H3/t13-/m1/s1. The molecule has 0 saturated carbocycles. The summed E-state index contributed by atoms with van der Waals surface area (Å²) in [6.07, 6.45) is 4.18. The van der Waals surface area contributed by atoms with E-state index >= 15 is 0 Å². The van der Waals surface area contributed by atoms with Crippen LogP contribution in [-0.2, 0) is 11.3 Å². The van der Waals surface area contributed by atoms with Crippen LogP contribution >= 0.6 is 0 Å². The summed E-state index contributed by atoms with van der Waals surface area (Å²) in [4.78, 5) is 6.55. The molecule has 2 aromatic rings. The maximum absolute atomic E-state index is 5.52. The van der Waals surface area contributed by atoms with Crippen molar-refractivity contribution >= 4 is 0 Å². The van der Waals surface area contributed by atoms with E-state index in [1.165, 1.54) is 12.8 Å². The van der Waals surface area contributed by atoms with Crippen LogP contribution in [0.15, 0.2) is 35.0 Å². The minimum absolute atomic E-state index is 0.627. The molecular weight excluding hydrogens is 266 g/mol. The molecule has 3 rings (SSSR count). The highest BCUT2D eigenvalue weighted by Crippen LogP contribution is 2.19. The highest BCUT2D eigenvalue weighted by Gasteiger charge is 2.17. The number of hydrogen-bond donors (Lipinski definition) is 0. The second-order valence-electron chi connectivity index (χ2n) is 5.67. The van der Waals surface area contributed by atoms with E-state index < -0.39 is 0 Å². The summed E-state index contributed by atoms with van der Waals surface area (Å²) in [6.45, 7) is 3.58. The number of rotatable bonds is 5. The summed E-state index contributed by atoms with van der Waals surface area (Å²) < 4.78 is 10.9. The first-order chi connectivity index (χ1) is 10.3. The Balaban J connectivity index is 1.56. The van der Waals surface area contributed by atoms with Crippen LogP contribution in [0.25, 0.3) is 11.4 Å². The number of hydrogen-bond acceptors (Lipinski definition) is 5. The summed E-state index contributed by atoms with van der Waals surface area (Å²) in [5, 5.41) is 4.10. The van der Waals surface area contributed by atoms with Gasteiger partial charge in [0.1, 0.15) is 5.69 Å². The van der Waals surface area contributed by atoms with Crippen molar-refractivity contribution in [3.63, 3.8) is 0 Å². The molecule has 1 atom stereocenters. The monoisotopic (exact) mass is 287 g/mol. The van der Waals surface area contributed by atoms with Crippen LogP contribution < -0.4 is 0 Å². The van der Waals surface area contributed by atoms with E-state index in [2.05, 4.69) is 22.1 Å². The zero-order valence-corrected chi connectivity index (χ0v) is 12.4. The fraction of sp³-hybridized carbons (Fsp3) is 0.500. The molecule has 0 amide bonds. The zero-order valence-electron chi connectivity index (χ0n) is 12.4. The van der Waals surface area contributed by atoms with Gasteiger partial charge in [-0.2, -0.15) is 0 Å². The second-order valence-corrected chi connectivity index (χ2v) is 5.67. The molecule has 5 nitrogen and oxygen atoms in total. The Morgan fingerprint density at radius 2 is 2.29 bits per heavy atom. The van der Waals surface area contributed by atoms with Crippen LogP contribution in [-0.4, -0.2) is 41.8 Å². The van der Waals surface area contributed by atoms with Crippen LogP contribution in [0.5, 0.6) is 0 Å². The van der Waals surface area contributed by atoms with E-state index in [0.29, 0.717) is 5.92 Å². The molecule has 1 fully saturated rings. The van der Waals surface area contributed by atoms with Gasteiger partial charge < -0.3 is 9.26 Å². The van der Waals surface area contributed by atoms with Crippen molar-refractivity contribution in [2.75, 3.05) is 26.8 Å². The van der Waals surface area contributed by atoms with Gasteiger partial charge in [0.15, 0.2) is 5.76 Å². The summed E-state index contributed by atoms with van der Waals surface area (Å²) in [5.74, 6) is 1.50. The number of nitrogens with zero attached hydrogens (tertiary/aromatic N) is 3. The molecule has 112 valence electrons. The van der Waals surface area contributed by atoms with Gasteiger partial charge in [-0.15, -0.1) is 0 Å². The summed E-state index contributed by atoms with van der Waals surface area (Å²) in [7, 11) is 2.11. The van der Waals surface area contributed by atoms with Crippen LogP contribution in [0.4, 0.5) is 0 Å². The van der Waals surface area contributed by atoms with E-state index in [-0.39, 0.29) is 0 Å². The quantitative estimate of drug-likeness (QED) is 0.846. The summed E-state index contributed by atoms with van der Waals surface area (Å²) in [6, 6.07) is 7.75. The average Bonchev–Trinajstić information content (AvgIpc) is 2.97. The zero-order chi connectivity index (χ0) is 14.5. The van der Waals surface area contributed by atoms with E-state index in [1.807, 2.05) is 24.3 Å². The predicted molar refractivity (Wildman–Crippen MR) is 79.6 cm³/mol. The van der Waals surface area contributed by atoms with Gasteiger partial charge in [0.2, 0.25) is 0 Å². The molecule has 0 radical (unpaired) electrons. The fourth-order valence-corrected chi connectivity index (χ4v) is 2.75. The van der Waals surface area contributed by atoms with E-state index in [0.717, 1.165) is 43.5 Å². The highest BCUT2D eigenvalue weighted by molar-refractivity contribution is 5.52. The SMILES string of the molecule is CN(Cc1cc(-c2ccccn2)no1)C[C@H]1CCCOC1. The van der Waals surface area contributed by atoms with Crippen molar-refractivity contribution in [1.82, 2.24) is 15.0 Å². The molecular formula is C16H21N3O2. The molecule has 0 spiro atoms. The molecule has 3 heterocycles. The number of ether oxygens (including phenoxy) is 1. The first kappa shape index (κ1) is 14.2. The van der Waals surface area contributed by atoms with Crippen LogP contribution in [0.2, 0.25) is 0 Å². The summed E-state index contributed by atoms with van der Waals surface area (Å²) >= 11 is 0. The van der Waals surface area contributed by atoms with Crippen molar-refractivity contribution < 1.29 is 9.26 Å². The largest absolute Gasteiger partial charge is 0.381 e. The van der Waals surface area contributed by atoms with Crippen LogP contribution in [0.1, 0.15) is 18.6 Å². The van der Waals surface area contributed by atoms with Gasteiger partial charge in [-0.25, -0.2) is 0 Å². The lowest BCUT2D eigenvalue weighted by Crippen LogP contribution is -2.30. The Morgan fingerprint density at radius 3 is 3.05 bits per heavy atom. The second kappa shape index (κ2) is 6.83. The van der Waals surface area contributed by atoms with Gasteiger partial charge >= 0.3 is 0 Å². The first-order valence-corrected chi connectivity index (χ1v) is 7.44. The Hall–Kier alpha value is -1.72. The molecule has 5 heteroatoms. The minimum Gasteiger partial charge on any atom is -0.381 e. The molecule has 21 heavy (non-hydrogen) atoms. The van der Waals surface area contributed by atoms with Gasteiger partial charge in [0, 0.05) is 25.4 Å². The molecule has 2 aromatic heterocycles. The summed E-state index contributed by atoms with van der Waals surface area (Å²) in [5.41, 5.74) is 1.64. The van der Waals surface area contributed by atoms with Crippen molar-refractivity contribution in [1.29, 1.82) is 0 Å². The van der Waals surface area contributed by atoms with Crippen molar-refractivity contribution in [2.45, 2.75) is 19.4 Å². The van der Waals surface area contributed by atoms with Crippen LogP contribution in [0.3, 0.4) is 0 Å². The van der Waals surface area contributed by atoms with Gasteiger partial charge in [-0.05, 0) is 37.9 Å². The van der Waals surface area contributed by atoms with Crippen molar-refractivity contribution in [3.05, 3.63) is 36.2 Å². The average molecular weight is 287 g/mol. The van der Waals surface area contributed by atoms with Crippen molar-refractivity contribution in [2.24, 2.45) is 5.92 Å². The lowest BCUT2D eigenvalue weighted by atomic mass is 10.0. The lowest BCUT2D eigenvalue weighted by Gasteiger charge is -2.26. The lowest BCUT2D eigenvalue weighted by molar-refractivity contribution is 0.0401.